The minimum Gasteiger partial charge on any atom is -0.326 e. The summed E-state index contributed by atoms with van der Waals surface area (Å²) in [6, 6.07) is 0. The Bertz CT molecular complexity index is 247. The van der Waals surface area contributed by atoms with Crippen LogP contribution in [-0.2, 0) is 13.7 Å². The second-order valence-electron chi connectivity index (χ2n) is 4.93. The third kappa shape index (κ3) is 17.1. The Kier molecular flexibility index (Phi) is 8.17. The predicted molar refractivity (Wildman–Crippen MR) is 70.3 cm³/mol. The molecule has 0 saturated heterocycles. The van der Waals surface area contributed by atoms with Crippen molar-refractivity contribution < 1.29 is 13.7 Å². The molecule has 0 N–H and O–H groups in total. The molecule has 0 aliphatic rings. The van der Waals surface area contributed by atoms with Gasteiger partial charge >= 0.3 is 0 Å². The first kappa shape index (κ1) is 17.8. The van der Waals surface area contributed by atoms with Crippen LogP contribution < -0.4 is 0 Å². The van der Waals surface area contributed by atoms with Crippen LogP contribution in [0.25, 0.3) is 0 Å². The summed E-state index contributed by atoms with van der Waals surface area (Å²) in [5.74, 6) is 0. The Morgan fingerprint density at radius 3 is 1.13 bits per heavy atom. The van der Waals surface area contributed by atoms with Crippen molar-refractivity contribution >= 4 is 14.5 Å². The molecule has 0 heterocycles. The van der Waals surface area contributed by atoms with Gasteiger partial charge in [0.1, 0.15) is 0 Å². The van der Waals surface area contributed by atoms with Crippen molar-refractivity contribution in [3.05, 3.63) is 0 Å². The highest BCUT2D eigenvalue weighted by Gasteiger charge is 2.10. The average molecular weight is 256 g/mol. The minimum absolute atomic E-state index is 0.0795. The summed E-state index contributed by atoms with van der Waals surface area (Å²) in [6.07, 6.45) is 0.0795. The van der Waals surface area contributed by atoms with Gasteiger partial charge in [0.15, 0.2) is 7.37 Å². The molecule has 3 nitrogen and oxygen atoms in total. The molecule has 0 aromatic rings. The van der Waals surface area contributed by atoms with Crippen molar-refractivity contribution in [3.8, 4) is 0 Å². The predicted octanol–water partition coefficient (Wildman–Crippen LogP) is 3.97. The van der Waals surface area contributed by atoms with E-state index in [0.29, 0.717) is 5.66 Å². The molecular formula is C10H26O3P2. The number of hydrogen-bond acceptors (Lipinski definition) is 3. The molecule has 94 valence electrons. The van der Waals surface area contributed by atoms with Crippen LogP contribution in [0.2, 0.25) is 0 Å². The first-order valence-corrected chi connectivity index (χ1v) is 10.3. The molecule has 0 aromatic heterocycles. The summed E-state index contributed by atoms with van der Waals surface area (Å²) < 4.78 is 26.7. The van der Waals surface area contributed by atoms with Gasteiger partial charge < -0.3 is 9.09 Å². The summed E-state index contributed by atoms with van der Waals surface area (Å²) >= 11 is 0. The molecule has 5 heteroatoms. The molecule has 0 unspecified atom stereocenters. The van der Waals surface area contributed by atoms with Crippen molar-refractivity contribution in [2.24, 2.45) is 0 Å². The van der Waals surface area contributed by atoms with Crippen molar-refractivity contribution in [1.82, 2.24) is 0 Å². The summed E-state index contributed by atoms with van der Waals surface area (Å²) in [4.78, 5) is 0. The lowest BCUT2D eigenvalue weighted by Gasteiger charge is -2.10. The minimum atomic E-state index is -2.22. The fourth-order valence-electron chi connectivity index (χ4n) is 0.508. The smallest absolute Gasteiger partial charge is 0.197 e. The molecule has 0 amide bonds. The molecule has 0 atom stereocenters. The Morgan fingerprint density at radius 2 is 1.13 bits per heavy atom. The van der Waals surface area contributed by atoms with Gasteiger partial charge in [0, 0.05) is 19.0 Å². The number of hydrogen-bond donors (Lipinski definition) is 0. The quantitative estimate of drug-likeness (QED) is 0.717. The standard InChI is InChI=1S/C5H13O2P.C5H13OP/c1-5(2)7-8(3,4)6;1-5(2)7(3,4)6/h5H,1-4H3;5H,1-4H3. The highest BCUT2D eigenvalue weighted by atomic mass is 31.2. The molecule has 0 saturated carbocycles. The molecule has 0 radical (unpaired) electrons. The lowest BCUT2D eigenvalue weighted by Crippen LogP contribution is -1.97. The van der Waals surface area contributed by atoms with E-state index in [-0.39, 0.29) is 6.10 Å². The van der Waals surface area contributed by atoms with Crippen LogP contribution in [-0.4, -0.2) is 38.4 Å². The van der Waals surface area contributed by atoms with Gasteiger partial charge in [0.05, 0.1) is 13.2 Å². The van der Waals surface area contributed by atoms with E-state index in [2.05, 4.69) is 0 Å². The largest absolute Gasteiger partial charge is 0.326 e. The summed E-state index contributed by atoms with van der Waals surface area (Å²) in [6.45, 7) is 14.6. The van der Waals surface area contributed by atoms with Gasteiger partial charge in [-0.3, -0.25) is 4.57 Å². The normalized spacial score (nSPS) is 12.7. The number of rotatable bonds is 3. The zero-order valence-electron chi connectivity index (χ0n) is 11.3. The fourth-order valence-corrected chi connectivity index (χ4v) is 1.52. The summed E-state index contributed by atoms with van der Waals surface area (Å²) in [5.41, 5.74) is 0.354. The molecule has 0 bridgehead atoms. The summed E-state index contributed by atoms with van der Waals surface area (Å²) in [5, 5.41) is 0. The second-order valence-corrected chi connectivity index (χ2v) is 11.6. The van der Waals surface area contributed by atoms with Gasteiger partial charge in [0.25, 0.3) is 0 Å². The monoisotopic (exact) mass is 256 g/mol. The van der Waals surface area contributed by atoms with Crippen molar-refractivity contribution in [2.45, 2.75) is 39.5 Å². The van der Waals surface area contributed by atoms with E-state index < -0.39 is 14.5 Å². The van der Waals surface area contributed by atoms with Crippen molar-refractivity contribution in [3.63, 3.8) is 0 Å². The van der Waals surface area contributed by atoms with Gasteiger partial charge in [-0.2, -0.15) is 0 Å². The maximum absolute atomic E-state index is 10.9. The lowest BCUT2D eigenvalue weighted by atomic mass is 10.5. The van der Waals surface area contributed by atoms with E-state index in [1.54, 1.807) is 13.3 Å². The first-order chi connectivity index (χ1) is 6.36. The Morgan fingerprint density at radius 1 is 0.867 bits per heavy atom. The van der Waals surface area contributed by atoms with Crippen LogP contribution in [0.4, 0.5) is 0 Å². The average Bonchev–Trinajstić information content (AvgIpc) is 1.78. The van der Waals surface area contributed by atoms with E-state index in [9.17, 15) is 9.13 Å². The van der Waals surface area contributed by atoms with E-state index in [1.165, 1.54) is 0 Å². The molecule has 0 aliphatic heterocycles. The molecular weight excluding hydrogens is 230 g/mol. The zero-order valence-corrected chi connectivity index (χ0v) is 13.1. The van der Waals surface area contributed by atoms with E-state index in [4.69, 9.17) is 4.52 Å². The van der Waals surface area contributed by atoms with Crippen molar-refractivity contribution in [1.29, 1.82) is 0 Å². The highest BCUT2D eigenvalue weighted by Crippen LogP contribution is 2.41. The zero-order chi connectivity index (χ0) is 12.9. The Labute approximate surface area is 94.8 Å². The second kappa shape index (κ2) is 6.89. The van der Waals surface area contributed by atoms with E-state index in [1.807, 2.05) is 41.0 Å². The van der Waals surface area contributed by atoms with Gasteiger partial charge in [0.2, 0.25) is 0 Å². The van der Waals surface area contributed by atoms with Crippen LogP contribution in [0, 0.1) is 0 Å². The van der Waals surface area contributed by atoms with Crippen LogP contribution in [0.1, 0.15) is 27.7 Å². The topological polar surface area (TPSA) is 43.4 Å². The van der Waals surface area contributed by atoms with Gasteiger partial charge in [-0.15, -0.1) is 0 Å². The maximum atomic E-state index is 10.9. The first-order valence-electron chi connectivity index (χ1n) is 5.14. The fraction of sp³-hybridized carbons (Fsp3) is 1.00. The third-order valence-electron chi connectivity index (χ3n) is 1.71. The molecule has 0 fully saturated rings. The third-order valence-corrected chi connectivity index (χ3v) is 5.12. The van der Waals surface area contributed by atoms with Gasteiger partial charge in [-0.1, -0.05) is 13.8 Å². The van der Waals surface area contributed by atoms with Gasteiger partial charge in [-0.25, -0.2) is 0 Å². The SMILES string of the molecule is CC(C)OP(C)(C)=O.CC(C)P(C)(C)=O. The molecule has 0 aliphatic carbocycles. The van der Waals surface area contributed by atoms with Crippen LogP contribution in [0.15, 0.2) is 0 Å². The molecule has 0 spiro atoms. The van der Waals surface area contributed by atoms with Crippen molar-refractivity contribution in [2.75, 3.05) is 26.7 Å². The van der Waals surface area contributed by atoms with Gasteiger partial charge in [-0.05, 0) is 27.2 Å². The molecule has 15 heavy (non-hydrogen) atoms. The molecule has 0 rings (SSSR count). The lowest BCUT2D eigenvalue weighted by molar-refractivity contribution is 0.249. The van der Waals surface area contributed by atoms with Crippen LogP contribution in [0.5, 0.6) is 0 Å². The van der Waals surface area contributed by atoms with E-state index in [0.717, 1.165) is 0 Å². The van der Waals surface area contributed by atoms with Crippen LogP contribution >= 0.6 is 14.5 Å². The van der Waals surface area contributed by atoms with Crippen LogP contribution in [0.3, 0.4) is 0 Å². The maximum Gasteiger partial charge on any atom is 0.197 e. The van der Waals surface area contributed by atoms with E-state index >= 15 is 0 Å². The molecule has 0 aromatic carbocycles. The summed E-state index contributed by atoms with van der Waals surface area (Å²) in [7, 11) is -3.96. The highest BCUT2D eigenvalue weighted by molar-refractivity contribution is 7.63. The Hall–Kier alpha value is 0.420. The Balaban J connectivity index is 0.